The van der Waals surface area contributed by atoms with Crippen LogP contribution in [0.2, 0.25) is 0 Å². The highest BCUT2D eigenvalue weighted by Crippen LogP contribution is 2.16. The lowest BCUT2D eigenvalue weighted by Crippen LogP contribution is -2.41. The van der Waals surface area contributed by atoms with Crippen molar-refractivity contribution in [1.29, 1.82) is 0 Å². The van der Waals surface area contributed by atoms with Gasteiger partial charge in [-0.15, -0.1) is 0 Å². The lowest BCUT2D eigenvalue weighted by Gasteiger charge is -2.10. The van der Waals surface area contributed by atoms with Gasteiger partial charge in [-0.05, 0) is 36.2 Å². The van der Waals surface area contributed by atoms with Crippen molar-refractivity contribution < 1.29 is 27.4 Å². The van der Waals surface area contributed by atoms with E-state index >= 15 is 0 Å². The van der Waals surface area contributed by atoms with Crippen LogP contribution in [0, 0.1) is 0 Å². The highest BCUT2D eigenvalue weighted by Gasteiger charge is 2.12. The van der Waals surface area contributed by atoms with Crippen molar-refractivity contribution in [2.24, 2.45) is 0 Å². The SMILES string of the molecule is O=S(=O)(O)CCc1cc[n+](CC(O)COc2ccc(Br)cc2)cc1. The molecule has 1 unspecified atom stereocenters. The maximum absolute atomic E-state index is 10.7. The van der Waals surface area contributed by atoms with Crippen LogP contribution in [0.4, 0.5) is 0 Å². The second-order valence-corrected chi connectivity index (χ2v) is 7.85. The molecular weight excluding hydrogens is 398 g/mol. The zero-order valence-corrected chi connectivity index (χ0v) is 15.3. The number of rotatable bonds is 8. The van der Waals surface area contributed by atoms with E-state index in [0.29, 0.717) is 12.3 Å². The van der Waals surface area contributed by atoms with Crippen molar-refractivity contribution in [3.05, 3.63) is 58.8 Å². The van der Waals surface area contributed by atoms with Gasteiger partial charge >= 0.3 is 0 Å². The van der Waals surface area contributed by atoms with Crippen molar-refractivity contribution in [1.82, 2.24) is 0 Å². The van der Waals surface area contributed by atoms with Crippen molar-refractivity contribution in [3.8, 4) is 5.75 Å². The average Bonchev–Trinajstić information content (AvgIpc) is 2.53. The molecule has 0 aliphatic carbocycles. The Labute approximate surface area is 149 Å². The Balaban J connectivity index is 1.81. The van der Waals surface area contributed by atoms with Gasteiger partial charge in [-0.1, -0.05) is 15.9 Å². The van der Waals surface area contributed by atoms with Crippen LogP contribution < -0.4 is 9.30 Å². The molecule has 0 saturated heterocycles. The van der Waals surface area contributed by atoms with E-state index < -0.39 is 16.2 Å². The summed E-state index contributed by atoms with van der Waals surface area (Å²) >= 11 is 3.34. The molecule has 0 radical (unpaired) electrons. The van der Waals surface area contributed by atoms with E-state index in [4.69, 9.17) is 9.29 Å². The Hall–Kier alpha value is -1.48. The monoisotopic (exact) mass is 416 g/mol. The summed E-state index contributed by atoms with van der Waals surface area (Å²) in [6.45, 7) is 0.522. The van der Waals surface area contributed by atoms with Gasteiger partial charge in [0.1, 0.15) is 18.5 Å². The van der Waals surface area contributed by atoms with Gasteiger partial charge in [0.05, 0.1) is 5.75 Å². The van der Waals surface area contributed by atoms with E-state index in [9.17, 15) is 13.5 Å². The van der Waals surface area contributed by atoms with Crippen LogP contribution in [0.15, 0.2) is 53.3 Å². The van der Waals surface area contributed by atoms with Gasteiger partial charge in [0.15, 0.2) is 18.9 Å². The lowest BCUT2D eigenvalue weighted by atomic mass is 10.2. The Morgan fingerprint density at radius 2 is 1.75 bits per heavy atom. The van der Waals surface area contributed by atoms with Gasteiger partial charge in [0.25, 0.3) is 10.1 Å². The minimum atomic E-state index is -3.95. The number of hydrogen-bond acceptors (Lipinski definition) is 4. The molecule has 2 rings (SSSR count). The molecule has 0 bridgehead atoms. The molecule has 0 aliphatic heterocycles. The van der Waals surface area contributed by atoms with Crippen molar-refractivity contribution in [3.63, 3.8) is 0 Å². The maximum Gasteiger partial charge on any atom is 0.265 e. The van der Waals surface area contributed by atoms with E-state index in [0.717, 1.165) is 10.0 Å². The number of benzene rings is 1. The van der Waals surface area contributed by atoms with E-state index in [2.05, 4.69) is 15.9 Å². The van der Waals surface area contributed by atoms with Gasteiger partial charge < -0.3 is 9.84 Å². The first-order chi connectivity index (χ1) is 11.3. The molecule has 0 spiro atoms. The minimum absolute atomic E-state index is 0.166. The summed E-state index contributed by atoms with van der Waals surface area (Å²) < 4.78 is 38.4. The number of hydrogen-bond donors (Lipinski definition) is 2. The molecule has 1 aromatic carbocycles. The van der Waals surface area contributed by atoms with Gasteiger partial charge in [-0.2, -0.15) is 8.42 Å². The zero-order valence-electron chi connectivity index (χ0n) is 12.9. The second kappa shape index (κ2) is 8.57. The molecule has 0 fully saturated rings. The molecule has 1 aromatic heterocycles. The number of nitrogens with zero attached hydrogens (tertiary/aromatic N) is 1. The third-order valence-electron chi connectivity index (χ3n) is 3.29. The smallest absolute Gasteiger partial charge is 0.265 e. The molecular formula is C16H19BrNO5S+. The largest absolute Gasteiger partial charge is 0.491 e. The van der Waals surface area contributed by atoms with Gasteiger partial charge in [0.2, 0.25) is 0 Å². The maximum atomic E-state index is 10.7. The Morgan fingerprint density at radius 1 is 1.12 bits per heavy atom. The summed E-state index contributed by atoms with van der Waals surface area (Å²) in [4.78, 5) is 0. The predicted molar refractivity (Wildman–Crippen MR) is 92.4 cm³/mol. The van der Waals surface area contributed by atoms with Gasteiger partial charge in [-0.3, -0.25) is 4.55 Å². The summed E-state index contributed by atoms with van der Waals surface area (Å²) in [6, 6.07) is 10.9. The summed E-state index contributed by atoms with van der Waals surface area (Å²) in [5.41, 5.74) is 0.796. The Bertz CT molecular complexity index is 747. The molecule has 0 saturated carbocycles. The molecule has 1 atom stereocenters. The van der Waals surface area contributed by atoms with Crippen molar-refractivity contribution in [2.45, 2.75) is 19.1 Å². The number of aliphatic hydroxyl groups is 1. The lowest BCUT2D eigenvalue weighted by molar-refractivity contribution is -0.703. The quantitative estimate of drug-likeness (QED) is 0.504. The number of pyridine rings is 1. The number of halogens is 1. The second-order valence-electron chi connectivity index (χ2n) is 5.36. The summed E-state index contributed by atoms with van der Waals surface area (Å²) in [6.07, 6.45) is 3.07. The van der Waals surface area contributed by atoms with Gasteiger partial charge in [-0.25, -0.2) is 4.57 Å². The van der Waals surface area contributed by atoms with Crippen LogP contribution in [0.5, 0.6) is 5.75 Å². The minimum Gasteiger partial charge on any atom is -0.491 e. The molecule has 0 amide bonds. The molecule has 130 valence electrons. The molecule has 6 nitrogen and oxygen atoms in total. The van der Waals surface area contributed by atoms with Crippen molar-refractivity contribution >= 4 is 26.0 Å². The topological polar surface area (TPSA) is 87.7 Å². The van der Waals surface area contributed by atoms with Crippen LogP contribution in [0.25, 0.3) is 0 Å². The molecule has 1 heterocycles. The Morgan fingerprint density at radius 3 is 2.33 bits per heavy atom. The fraction of sp³-hybridized carbons (Fsp3) is 0.312. The molecule has 2 N–H and O–H groups in total. The van der Waals surface area contributed by atoms with E-state index in [-0.39, 0.29) is 18.8 Å². The van der Waals surface area contributed by atoms with Crippen LogP contribution >= 0.6 is 15.9 Å². The van der Waals surface area contributed by atoms with Gasteiger partial charge in [0, 0.05) is 16.6 Å². The number of aliphatic hydroxyl groups excluding tert-OH is 1. The van der Waals surface area contributed by atoms with Crippen LogP contribution in [0.1, 0.15) is 5.56 Å². The molecule has 24 heavy (non-hydrogen) atoms. The highest BCUT2D eigenvalue weighted by atomic mass is 79.9. The third kappa shape index (κ3) is 6.96. The van der Waals surface area contributed by atoms with E-state index in [1.807, 2.05) is 24.3 Å². The number of aromatic nitrogens is 1. The summed E-state index contributed by atoms with van der Waals surface area (Å²) in [5.74, 6) is 0.378. The standard InChI is InChI=1S/C16H18BrNO5S/c17-14-1-3-16(4-2-14)23-12-15(19)11-18-8-5-13(6-9-18)7-10-24(20,21)22/h1-6,8-9,15,19H,7,10-12H2/p+1. The molecule has 0 aliphatic rings. The normalized spacial score (nSPS) is 12.8. The van der Waals surface area contributed by atoms with Crippen LogP contribution in [-0.2, 0) is 23.1 Å². The average molecular weight is 417 g/mol. The first kappa shape index (κ1) is 18.9. The Kier molecular flexibility index (Phi) is 6.73. The fourth-order valence-electron chi connectivity index (χ4n) is 2.04. The van der Waals surface area contributed by atoms with Crippen LogP contribution in [-0.4, -0.2) is 36.5 Å². The predicted octanol–water partition coefficient (Wildman–Crippen LogP) is 1.61. The fourth-order valence-corrected chi connectivity index (χ4v) is 2.80. The number of ether oxygens (including phenoxy) is 1. The summed E-state index contributed by atoms with van der Waals surface area (Å²) in [7, 11) is -3.95. The number of aryl methyl sites for hydroxylation is 1. The first-order valence-electron chi connectivity index (χ1n) is 7.31. The highest BCUT2D eigenvalue weighted by molar-refractivity contribution is 9.10. The van der Waals surface area contributed by atoms with E-state index in [1.54, 1.807) is 29.1 Å². The third-order valence-corrected chi connectivity index (χ3v) is 4.54. The molecule has 2 aromatic rings. The summed E-state index contributed by atoms with van der Waals surface area (Å²) in [5, 5.41) is 10.0. The first-order valence-corrected chi connectivity index (χ1v) is 9.71. The molecule has 8 heteroatoms. The van der Waals surface area contributed by atoms with Crippen molar-refractivity contribution in [2.75, 3.05) is 12.4 Å². The zero-order chi connectivity index (χ0) is 17.6. The van der Waals surface area contributed by atoms with Crippen LogP contribution in [0.3, 0.4) is 0 Å². The van der Waals surface area contributed by atoms with E-state index in [1.165, 1.54) is 0 Å².